The van der Waals surface area contributed by atoms with E-state index in [0.29, 0.717) is 13.2 Å². The zero-order chi connectivity index (χ0) is 14.1. The largest absolute Gasteiger partial charge is 0.466 e. The van der Waals surface area contributed by atoms with E-state index in [1.54, 1.807) is 0 Å². The number of unbranched alkanes of at least 4 members (excludes halogenated alkanes) is 1. The first-order valence-electron chi connectivity index (χ1n) is 7.43. The molecule has 1 aliphatic rings. The summed E-state index contributed by atoms with van der Waals surface area (Å²) in [5.41, 5.74) is 0. The highest BCUT2D eigenvalue weighted by atomic mass is 16.5. The molecule has 0 N–H and O–H groups in total. The molecule has 0 heterocycles. The van der Waals surface area contributed by atoms with Crippen LogP contribution in [0.25, 0.3) is 0 Å². The van der Waals surface area contributed by atoms with Crippen molar-refractivity contribution >= 4 is 11.9 Å². The van der Waals surface area contributed by atoms with Gasteiger partial charge >= 0.3 is 11.9 Å². The summed E-state index contributed by atoms with van der Waals surface area (Å²) in [7, 11) is 0. The van der Waals surface area contributed by atoms with Crippen molar-refractivity contribution in [2.45, 2.75) is 58.8 Å². The van der Waals surface area contributed by atoms with E-state index in [2.05, 4.69) is 6.92 Å². The highest BCUT2D eigenvalue weighted by molar-refractivity contribution is 5.72. The van der Waals surface area contributed by atoms with Crippen molar-refractivity contribution in [1.82, 2.24) is 0 Å². The third-order valence-corrected chi connectivity index (χ3v) is 3.85. The molecule has 0 aromatic rings. The normalized spacial score (nSPS) is 22.8. The summed E-state index contributed by atoms with van der Waals surface area (Å²) < 4.78 is 10.1. The highest BCUT2D eigenvalue weighted by Crippen LogP contribution is 2.31. The Morgan fingerprint density at radius 2 is 1.58 bits per heavy atom. The van der Waals surface area contributed by atoms with Crippen LogP contribution >= 0.6 is 0 Å². The van der Waals surface area contributed by atoms with Gasteiger partial charge in [0.15, 0.2) is 0 Å². The Bertz CT molecular complexity index is 280. The zero-order valence-corrected chi connectivity index (χ0v) is 12.2. The van der Waals surface area contributed by atoms with Gasteiger partial charge in [-0.3, -0.25) is 9.59 Å². The molecule has 0 aromatic heterocycles. The fourth-order valence-corrected chi connectivity index (χ4v) is 2.52. The number of ether oxygens (including phenoxy) is 2. The van der Waals surface area contributed by atoms with Gasteiger partial charge < -0.3 is 9.47 Å². The minimum absolute atomic E-state index is 0.0398. The molecule has 0 saturated heterocycles. The van der Waals surface area contributed by atoms with Gasteiger partial charge in [0, 0.05) is 6.92 Å². The quantitative estimate of drug-likeness (QED) is 0.527. The molecular formula is C15H26O4. The van der Waals surface area contributed by atoms with Gasteiger partial charge in [0.2, 0.25) is 0 Å². The lowest BCUT2D eigenvalue weighted by Crippen LogP contribution is -2.24. The van der Waals surface area contributed by atoms with Crippen LogP contribution in [0.4, 0.5) is 0 Å². The molecule has 4 heteroatoms. The maximum atomic E-state index is 11.8. The fourth-order valence-electron chi connectivity index (χ4n) is 2.52. The van der Waals surface area contributed by atoms with E-state index < -0.39 is 0 Å². The molecule has 0 radical (unpaired) electrons. The van der Waals surface area contributed by atoms with Gasteiger partial charge in [-0.05, 0) is 44.4 Å². The van der Waals surface area contributed by atoms with Crippen LogP contribution in [0.5, 0.6) is 0 Å². The Morgan fingerprint density at radius 1 is 1.00 bits per heavy atom. The molecule has 0 amide bonds. The lowest BCUT2D eigenvalue weighted by atomic mass is 9.81. The summed E-state index contributed by atoms with van der Waals surface area (Å²) in [5, 5.41) is 0. The molecule has 0 atom stereocenters. The minimum Gasteiger partial charge on any atom is -0.466 e. The first-order chi connectivity index (χ1) is 9.13. The van der Waals surface area contributed by atoms with Crippen molar-refractivity contribution in [2.75, 3.05) is 13.2 Å². The SMILES string of the molecule is CCC1CCC(C(=O)OCCCCOC(C)=O)CC1. The molecule has 110 valence electrons. The van der Waals surface area contributed by atoms with Crippen molar-refractivity contribution in [2.24, 2.45) is 11.8 Å². The third kappa shape index (κ3) is 6.60. The van der Waals surface area contributed by atoms with E-state index in [0.717, 1.165) is 44.4 Å². The van der Waals surface area contributed by atoms with Gasteiger partial charge in [-0.25, -0.2) is 0 Å². The smallest absolute Gasteiger partial charge is 0.308 e. The summed E-state index contributed by atoms with van der Waals surface area (Å²) in [6.45, 7) is 4.46. The average molecular weight is 270 g/mol. The van der Waals surface area contributed by atoms with Crippen LogP contribution in [0.15, 0.2) is 0 Å². The van der Waals surface area contributed by atoms with Crippen LogP contribution in [0.3, 0.4) is 0 Å². The van der Waals surface area contributed by atoms with Crippen molar-refractivity contribution in [3.05, 3.63) is 0 Å². The standard InChI is InChI=1S/C15H26O4/c1-3-13-6-8-14(9-7-13)15(17)19-11-5-4-10-18-12(2)16/h13-14H,3-11H2,1-2H3. The Balaban J connectivity index is 2.03. The van der Waals surface area contributed by atoms with Gasteiger partial charge in [-0.2, -0.15) is 0 Å². The summed E-state index contributed by atoms with van der Waals surface area (Å²) >= 11 is 0. The van der Waals surface area contributed by atoms with Crippen molar-refractivity contribution in [3.63, 3.8) is 0 Å². The number of hydrogen-bond donors (Lipinski definition) is 0. The monoisotopic (exact) mass is 270 g/mol. The first kappa shape index (κ1) is 16.0. The number of esters is 2. The number of carbonyl (C=O) groups is 2. The maximum absolute atomic E-state index is 11.8. The number of hydrogen-bond acceptors (Lipinski definition) is 4. The van der Waals surface area contributed by atoms with Crippen LogP contribution in [-0.4, -0.2) is 25.2 Å². The third-order valence-electron chi connectivity index (χ3n) is 3.85. The molecule has 0 unspecified atom stereocenters. The fraction of sp³-hybridized carbons (Fsp3) is 0.867. The molecule has 4 nitrogen and oxygen atoms in total. The molecule has 0 aromatic carbocycles. The van der Waals surface area contributed by atoms with E-state index in [1.807, 2.05) is 0 Å². The summed E-state index contributed by atoms with van der Waals surface area (Å²) in [5.74, 6) is 0.607. The van der Waals surface area contributed by atoms with Crippen molar-refractivity contribution in [1.29, 1.82) is 0 Å². The van der Waals surface area contributed by atoms with Gasteiger partial charge in [0.25, 0.3) is 0 Å². The van der Waals surface area contributed by atoms with Gasteiger partial charge in [0.05, 0.1) is 19.1 Å². The zero-order valence-electron chi connectivity index (χ0n) is 12.2. The van der Waals surface area contributed by atoms with E-state index in [9.17, 15) is 9.59 Å². The van der Waals surface area contributed by atoms with E-state index in [4.69, 9.17) is 9.47 Å². The van der Waals surface area contributed by atoms with Crippen molar-refractivity contribution < 1.29 is 19.1 Å². The number of rotatable bonds is 7. The average Bonchev–Trinajstić information content (AvgIpc) is 2.42. The first-order valence-corrected chi connectivity index (χ1v) is 7.43. The molecule has 1 aliphatic carbocycles. The second kappa shape index (κ2) is 8.94. The lowest BCUT2D eigenvalue weighted by molar-refractivity contribution is -0.150. The van der Waals surface area contributed by atoms with Crippen molar-refractivity contribution in [3.8, 4) is 0 Å². The minimum atomic E-state index is -0.260. The van der Waals surface area contributed by atoms with Crippen LogP contribution < -0.4 is 0 Å². The van der Waals surface area contributed by atoms with E-state index >= 15 is 0 Å². The highest BCUT2D eigenvalue weighted by Gasteiger charge is 2.26. The van der Waals surface area contributed by atoms with E-state index in [1.165, 1.54) is 13.3 Å². The molecular weight excluding hydrogens is 244 g/mol. The molecule has 19 heavy (non-hydrogen) atoms. The van der Waals surface area contributed by atoms with Crippen LogP contribution in [0.1, 0.15) is 58.8 Å². The van der Waals surface area contributed by atoms with Gasteiger partial charge in [0.1, 0.15) is 0 Å². The van der Waals surface area contributed by atoms with Crippen LogP contribution in [0.2, 0.25) is 0 Å². The van der Waals surface area contributed by atoms with Gasteiger partial charge in [-0.15, -0.1) is 0 Å². The predicted octanol–water partition coefficient (Wildman–Crippen LogP) is 3.09. The topological polar surface area (TPSA) is 52.6 Å². The summed E-state index contributed by atoms with van der Waals surface area (Å²) in [6, 6.07) is 0. The Labute approximate surface area is 115 Å². The second-order valence-corrected chi connectivity index (χ2v) is 5.34. The molecule has 1 fully saturated rings. The molecule has 1 saturated carbocycles. The van der Waals surface area contributed by atoms with Crippen LogP contribution in [0, 0.1) is 11.8 Å². The Kier molecular flexibility index (Phi) is 7.53. The summed E-state index contributed by atoms with van der Waals surface area (Å²) in [4.78, 5) is 22.4. The Hall–Kier alpha value is -1.06. The molecule has 0 spiro atoms. The molecule has 0 bridgehead atoms. The van der Waals surface area contributed by atoms with E-state index in [-0.39, 0.29) is 17.9 Å². The lowest BCUT2D eigenvalue weighted by Gasteiger charge is -2.26. The van der Waals surface area contributed by atoms with Gasteiger partial charge in [-0.1, -0.05) is 13.3 Å². The summed E-state index contributed by atoms with van der Waals surface area (Å²) in [6.07, 6.45) is 6.98. The number of carbonyl (C=O) groups excluding carboxylic acids is 2. The molecule has 0 aliphatic heterocycles. The maximum Gasteiger partial charge on any atom is 0.308 e. The Morgan fingerprint density at radius 3 is 2.11 bits per heavy atom. The predicted molar refractivity (Wildman–Crippen MR) is 72.6 cm³/mol. The second-order valence-electron chi connectivity index (χ2n) is 5.34. The molecule has 1 rings (SSSR count). The van der Waals surface area contributed by atoms with Crippen LogP contribution in [-0.2, 0) is 19.1 Å².